The van der Waals surface area contributed by atoms with Crippen molar-refractivity contribution in [3.05, 3.63) is 58.8 Å². The molecule has 0 unspecified atom stereocenters. The lowest BCUT2D eigenvalue weighted by atomic mass is 10.3. The van der Waals surface area contributed by atoms with Crippen LogP contribution in [0, 0.1) is 0 Å². The van der Waals surface area contributed by atoms with Gasteiger partial charge in [0.05, 0.1) is 30.2 Å². The Morgan fingerprint density at radius 3 is 3.04 bits per heavy atom. The van der Waals surface area contributed by atoms with Gasteiger partial charge in [-0.2, -0.15) is 5.10 Å². The number of hydrogen-bond donors (Lipinski definition) is 0. The second-order valence-electron chi connectivity index (χ2n) is 5.46. The molecule has 0 saturated heterocycles. The third-order valence-corrected chi connectivity index (χ3v) is 4.27. The van der Waals surface area contributed by atoms with Crippen LogP contribution >= 0.6 is 11.3 Å². The Balaban J connectivity index is 1.60. The van der Waals surface area contributed by atoms with Gasteiger partial charge in [0.2, 0.25) is 0 Å². The Kier molecular flexibility index (Phi) is 5.05. The molecule has 3 aromatic rings. The average molecular weight is 328 g/mol. The molecule has 0 atom stereocenters. The van der Waals surface area contributed by atoms with Crippen LogP contribution in [0.25, 0.3) is 5.69 Å². The minimum atomic E-state index is 0.833. The summed E-state index contributed by atoms with van der Waals surface area (Å²) < 4.78 is 7.14. The molecule has 0 spiro atoms. The van der Waals surface area contributed by atoms with E-state index in [4.69, 9.17) is 4.74 Å². The predicted octanol–water partition coefficient (Wildman–Crippen LogP) is 3.01. The monoisotopic (exact) mass is 328 g/mol. The molecule has 0 fully saturated rings. The van der Waals surface area contributed by atoms with Gasteiger partial charge in [-0.1, -0.05) is 6.07 Å². The quantitative estimate of drug-likeness (QED) is 0.669. The first-order valence-electron chi connectivity index (χ1n) is 7.48. The third kappa shape index (κ3) is 4.18. The zero-order chi connectivity index (χ0) is 16.1. The van der Waals surface area contributed by atoms with Gasteiger partial charge in [0.25, 0.3) is 0 Å². The number of benzene rings is 1. The molecule has 2 heterocycles. The fraction of sp³-hybridized carbons (Fsp3) is 0.294. The number of aromatic nitrogens is 3. The van der Waals surface area contributed by atoms with Gasteiger partial charge in [-0.05, 0) is 19.2 Å². The molecule has 0 aliphatic rings. The van der Waals surface area contributed by atoms with Crippen molar-refractivity contribution in [3.63, 3.8) is 0 Å². The van der Waals surface area contributed by atoms with Crippen molar-refractivity contribution in [2.45, 2.75) is 13.0 Å². The van der Waals surface area contributed by atoms with Crippen molar-refractivity contribution in [1.29, 1.82) is 0 Å². The summed E-state index contributed by atoms with van der Waals surface area (Å²) in [5, 5.41) is 6.55. The van der Waals surface area contributed by atoms with Crippen LogP contribution in [0.3, 0.4) is 0 Å². The molecule has 0 saturated carbocycles. The second kappa shape index (κ2) is 7.39. The molecule has 120 valence electrons. The number of likely N-dealkylation sites (N-methyl/N-ethyl adjacent to an activating group) is 1. The molecule has 0 N–H and O–H groups in total. The van der Waals surface area contributed by atoms with Gasteiger partial charge in [0, 0.05) is 42.7 Å². The molecule has 23 heavy (non-hydrogen) atoms. The molecule has 2 aromatic heterocycles. The maximum absolute atomic E-state index is 5.26. The van der Waals surface area contributed by atoms with Crippen molar-refractivity contribution >= 4 is 11.3 Å². The van der Waals surface area contributed by atoms with Crippen molar-refractivity contribution in [2.75, 3.05) is 20.7 Å². The summed E-state index contributed by atoms with van der Waals surface area (Å²) in [5.74, 6) is 0.833. The molecule has 1 aromatic carbocycles. The van der Waals surface area contributed by atoms with E-state index in [-0.39, 0.29) is 0 Å². The second-order valence-corrected chi connectivity index (χ2v) is 6.18. The third-order valence-electron chi connectivity index (χ3n) is 3.64. The number of hydrogen-bond acceptors (Lipinski definition) is 5. The van der Waals surface area contributed by atoms with Crippen molar-refractivity contribution < 1.29 is 4.74 Å². The lowest BCUT2D eigenvalue weighted by Gasteiger charge is -2.14. The predicted molar refractivity (Wildman–Crippen MR) is 92.3 cm³/mol. The molecule has 0 bridgehead atoms. The van der Waals surface area contributed by atoms with E-state index in [0.29, 0.717) is 0 Å². The zero-order valence-corrected chi connectivity index (χ0v) is 14.2. The lowest BCUT2D eigenvalue weighted by Crippen LogP contribution is -2.20. The number of methoxy groups -OCH3 is 1. The minimum Gasteiger partial charge on any atom is -0.497 e. The Bertz CT molecular complexity index is 739. The highest BCUT2D eigenvalue weighted by Crippen LogP contribution is 2.16. The number of rotatable bonds is 7. The van der Waals surface area contributed by atoms with Crippen LogP contribution in [0.2, 0.25) is 0 Å². The Hall–Kier alpha value is -2.18. The van der Waals surface area contributed by atoms with Gasteiger partial charge in [-0.25, -0.2) is 9.67 Å². The molecule has 6 heteroatoms. The summed E-state index contributed by atoms with van der Waals surface area (Å²) in [6.45, 7) is 1.85. The largest absolute Gasteiger partial charge is 0.497 e. The summed E-state index contributed by atoms with van der Waals surface area (Å²) in [6.07, 6.45) is 4.96. The smallest absolute Gasteiger partial charge is 0.121 e. The summed E-state index contributed by atoms with van der Waals surface area (Å²) in [4.78, 5) is 6.60. The summed E-state index contributed by atoms with van der Waals surface area (Å²) in [5.41, 5.74) is 5.23. The number of nitrogens with zero attached hydrogens (tertiary/aromatic N) is 4. The van der Waals surface area contributed by atoms with Crippen LogP contribution < -0.4 is 4.74 Å². The van der Waals surface area contributed by atoms with Crippen LogP contribution in [0.15, 0.2) is 47.5 Å². The Morgan fingerprint density at radius 1 is 1.35 bits per heavy atom. The van der Waals surface area contributed by atoms with Crippen molar-refractivity contribution in [1.82, 2.24) is 19.7 Å². The Morgan fingerprint density at radius 2 is 2.26 bits per heavy atom. The first kappa shape index (κ1) is 15.7. The standard InChI is InChI=1S/C17H20N4OS/c1-20(7-6-15-12-23-13-18-15)10-14-9-19-21(11-14)16-4-3-5-17(8-16)22-2/h3-5,8-9,11-13H,6-7,10H2,1-2H3. The minimum absolute atomic E-state index is 0.833. The molecule has 0 radical (unpaired) electrons. The summed E-state index contributed by atoms with van der Waals surface area (Å²) in [7, 11) is 3.79. The van der Waals surface area contributed by atoms with Crippen molar-refractivity contribution in [3.8, 4) is 11.4 Å². The van der Waals surface area contributed by atoms with Gasteiger partial charge >= 0.3 is 0 Å². The normalized spacial score (nSPS) is 11.1. The topological polar surface area (TPSA) is 43.2 Å². The highest BCUT2D eigenvalue weighted by molar-refractivity contribution is 7.07. The van der Waals surface area contributed by atoms with Crippen molar-refractivity contribution in [2.24, 2.45) is 0 Å². The van der Waals surface area contributed by atoms with Gasteiger partial charge < -0.3 is 9.64 Å². The lowest BCUT2D eigenvalue weighted by molar-refractivity contribution is 0.330. The van der Waals surface area contributed by atoms with E-state index in [2.05, 4.69) is 33.6 Å². The molecule has 0 amide bonds. The first-order valence-corrected chi connectivity index (χ1v) is 8.42. The first-order chi connectivity index (χ1) is 11.2. The van der Waals surface area contributed by atoms with Gasteiger partial charge in [0.1, 0.15) is 5.75 Å². The molecule has 0 aliphatic carbocycles. The fourth-order valence-electron chi connectivity index (χ4n) is 2.39. The molecular weight excluding hydrogens is 308 g/mol. The molecular formula is C17H20N4OS. The van der Waals surface area contributed by atoms with E-state index in [1.54, 1.807) is 18.4 Å². The van der Waals surface area contributed by atoms with Gasteiger partial charge in [-0.3, -0.25) is 0 Å². The van der Waals surface area contributed by atoms with E-state index >= 15 is 0 Å². The van der Waals surface area contributed by atoms with E-state index < -0.39 is 0 Å². The van der Waals surface area contributed by atoms with Crippen LogP contribution in [0.5, 0.6) is 5.75 Å². The van der Waals surface area contributed by atoms with Crippen LogP contribution in [0.1, 0.15) is 11.3 Å². The highest BCUT2D eigenvalue weighted by Gasteiger charge is 2.06. The highest BCUT2D eigenvalue weighted by atomic mass is 32.1. The van der Waals surface area contributed by atoms with E-state index in [1.165, 1.54) is 5.56 Å². The van der Waals surface area contributed by atoms with Gasteiger partial charge in [0.15, 0.2) is 0 Å². The molecule has 0 aliphatic heterocycles. The van der Waals surface area contributed by atoms with Crippen LogP contribution in [-0.4, -0.2) is 40.4 Å². The summed E-state index contributed by atoms with van der Waals surface area (Å²) in [6, 6.07) is 7.89. The maximum Gasteiger partial charge on any atom is 0.121 e. The SMILES string of the molecule is COc1cccc(-n2cc(CN(C)CCc3cscn3)cn2)c1. The van der Waals surface area contributed by atoms with E-state index in [9.17, 15) is 0 Å². The number of ether oxygens (including phenoxy) is 1. The zero-order valence-electron chi connectivity index (χ0n) is 13.3. The van der Waals surface area contributed by atoms with Crippen LogP contribution in [0.4, 0.5) is 0 Å². The van der Waals surface area contributed by atoms with Gasteiger partial charge in [-0.15, -0.1) is 11.3 Å². The number of thiazole rings is 1. The fourth-order valence-corrected chi connectivity index (χ4v) is 2.99. The van der Waals surface area contributed by atoms with Crippen LogP contribution in [-0.2, 0) is 13.0 Å². The molecule has 5 nitrogen and oxygen atoms in total. The summed E-state index contributed by atoms with van der Waals surface area (Å²) >= 11 is 1.65. The maximum atomic E-state index is 5.26. The van der Waals surface area contributed by atoms with E-state index in [1.807, 2.05) is 40.7 Å². The van der Waals surface area contributed by atoms with E-state index in [0.717, 1.165) is 36.6 Å². The average Bonchev–Trinajstić information content (AvgIpc) is 3.25. The Labute approximate surface area is 140 Å². The molecule has 3 rings (SSSR count).